The number of aliphatic carboxylic acids is 1. The van der Waals surface area contributed by atoms with E-state index in [0.717, 1.165) is 22.0 Å². The third-order valence-electron chi connectivity index (χ3n) is 3.26. The lowest BCUT2D eigenvalue weighted by Crippen LogP contribution is -2.25. The third-order valence-corrected chi connectivity index (χ3v) is 3.26. The van der Waals surface area contributed by atoms with E-state index < -0.39 is 5.97 Å². The van der Waals surface area contributed by atoms with Gasteiger partial charge < -0.3 is 9.67 Å². The van der Waals surface area contributed by atoms with Crippen molar-refractivity contribution in [1.29, 1.82) is 0 Å². The zero-order chi connectivity index (χ0) is 13.4. The summed E-state index contributed by atoms with van der Waals surface area (Å²) >= 11 is 0. The maximum atomic E-state index is 12.1. The summed E-state index contributed by atoms with van der Waals surface area (Å²) in [6.07, 6.45) is -0.234. The Morgan fingerprint density at radius 3 is 2.61 bits per heavy atom. The Kier molecular flexibility index (Phi) is 2.95. The Morgan fingerprint density at radius 2 is 2.00 bits per heavy atom. The molecule has 2 rings (SSSR count). The number of carboxylic acids is 1. The second-order valence-electron chi connectivity index (χ2n) is 4.56. The summed E-state index contributed by atoms with van der Waals surface area (Å²) in [4.78, 5) is 23.0. The molecule has 1 heterocycles. The number of carbonyl (C=O) groups is 1. The third kappa shape index (κ3) is 1.90. The zero-order valence-corrected chi connectivity index (χ0v) is 10.7. The van der Waals surface area contributed by atoms with Gasteiger partial charge in [-0.25, -0.2) is 0 Å². The summed E-state index contributed by atoms with van der Waals surface area (Å²) in [5.74, 6) is -0.984. The molecule has 0 unspecified atom stereocenters. The Hall–Kier alpha value is -2.10. The molecule has 18 heavy (non-hydrogen) atoms. The van der Waals surface area contributed by atoms with Crippen LogP contribution >= 0.6 is 0 Å². The van der Waals surface area contributed by atoms with Crippen LogP contribution < -0.4 is 5.56 Å². The second-order valence-corrected chi connectivity index (χ2v) is 4.56. The summed E-state index contributed by atoms with van der Waals surface area (Å²) in [7, 11) is 1.67. The molecule has 1 N–H and O–H groups in total. The van der Waals surface area contributed by atoms with Crippen LogP contribution in [-0.2, 0) is 18.3 Å². The first-order valence-electron chi connectivity index (χ1n) is 5.72. The van der Waals surface area contributed by atoms with Gasteiger partial charge in [0.25, 0.3) is 5.56 Å². The van der Waals surface area contributed by atoms with Crippen molar-refractivity contribution in [2.24, 2.45) is 7.05 Å². The Morgan fingerprint density at radius 1 is 1.33 bits per heavy atom. The molecule has 94 valence electrons. The maximum Gasteiger partial charge on any atom is 0.308 e. The van der Waals surface area contributed by atoms with E-state index in [1.54, 1.807) is 14.0 Å². The fourth-order valence-electron chi connectivity index (χ4n) is 2.24. The van der Waals surface area contributed by atoms with Crippen LogP contribution in [0.2, 0.25) is 0 Å². The highest BCUT2D eigenvalue weighted by Crippen LogP contribution is 2.20. The van der Waals surface area contributed by atoms with Crippen LogP contribution in [0, 0.1) is 13.8 Å². The minimum absolute atomic E-state index is 0.230. The number of carboxylic acid groups (broad SMARTS) is 1. The van der Waals surface area contributed by atoms with Gasteiger partial charge in [0.1, 0.15) is 0 Å². The molecule has 0 aliphatic heterocycles. The van der Waals surface area contributed by atoms with Gasteiger partial charge in [0.05, 0.1) is 11.9 Å². The van der Waals surface area contributed by atoms with E-state index in [2.05, 4.69) is 0 Å². The van der Waals surface area contributed by atoms with Crippen molar-refractivity contribution >= 4 is 16.9 Å². The number of pyridine rings is 1. The van der Waals surface area contributed by atoms with E-state index in [-0.39, 0.29) is 12.0 Å². The van der Waals surface area contributed by atoms with Crippen molar-refractivity contribution in [3.05, 3.63) is 45.2 Å². The molecule has 0 fully saturated rings. The van der Waals surface area contributed by atoms with Crippen molar-refractivity contribution in [2.45, 2.75) is 20.3 Å². The number of aromatic nitrogens is 1. The highest BCUT2D eigenvalue weighted by atomic mass is 16.4. The maximum absolute atomic E-state index is 12.1. The number of benzene rings is 1. The Balaban J connectivity index is 2.88. The highest BCUT2D eigenvalue weighted by Gasteiger charge is 2.14. The number of aryl methyl sites for hydroxylation is 3. The average Bonchev–Trinajstić information content (AvgIpc) is 2.31. The number of rotatable bonds is 2. The van der Waals surface area contributed by atoms with E-state index in [1.807, 2.05) is 25.1 Å². The first-order chi connectivity index (χ1) is 8.41. The van der Waals surface area contributed by atoms with E-state index in [9.17, 15) is 9.59 Å². The van der Waals surface area contributed by atoms with Crippen LogP contribution in [-0.4, -0.2) is 15.6 Å². The normalized spacial score (nSPS) is 10.8. The van der Waals surface area contributed by atoms with Crippen LogP contribution in [0.3, 0.4) is 0 Å². The highest BCUT2D eigenvalue weighted by molar-refractivity contribution is 5.85. The van der Waals surface area contributed by atoms with Gasteiger partial charge in [-0.15, -0.1) is 0 Å². The molecule has 1 aromatic heterocycles. The molecule has 0 aliphatic carbocycles. The lowest BCUT2D eigenvalue weighted by Gasteiger charge is -2.12. The predicted octanol–water partition coefficient (Wildman–Crippen LogP) is 1.78. The smallest absolute Gasteiger partial charge is 0.308 e. The fourth-order valence-corrected chi connectivity index (χ4v) is 2.24. The SMILES string of the molecule is Cc1ccc2c(c1)c(C)c(CC(=O)O)c(=O)n2C. The van der Waals surface area contributed by atoms with Crippen molar-refractivity contribution < 1.29 is 9.90 Å². The van der Waals surface area contributed by atoms with Crippen LogP contribution in [0.4, 0.5) is 0 Å². The van der Waals surface area contributed by atoms with Gasteiger partial charge >= 0.3 is 5.97 Å². The molecular weight excluding hydrogens is 230 g/mol. The molecule has 0 amide bonds. The van der Waals surface area contributed by atoms with Crippen molar-refractivity contribution in [2.75, 3.05) is 0 Å². The molecule has 4 heteroatoms. The monoisotopic (exact) mass is 245 g/mol. The summed E-state index contributed by atoms with van der Waals surface area (Å²) in [6, 6.07) is 5.82. The van der Waals surface area contributed by atoms with Crippen LogP contribution in [0.5, 0.6) is 0 Å². The lowest BCUT2D eigenvalue weighted by molar-refractivity contribution is -0.136. The first kappa shape index (κ1) is 12.4. The standard InChI is InChI=1S/C14H15NO3/c1-8-4-5-12-10(6-8)9(2)11(7-13(16)17)14(18)15(12)3/h4-6H,7H2,1-3H3,(H,16,17). The molecule has 2 aromatic rings. The van der Waals surface area contributed by atoms with E-state index in [1.165, 1.54) is 4.57 Å². The fraction of sp³-hybridized carbons (Fsp3) is 0.286. The molecule has 0 spiro atoms. The minimum Gasteiger partial charge on any atom is -0.481 e. The van der Waals surface area contributed by atoms with Gasteiger partial charge in [0.2, 0.25) is 0 Å². The number of hydrogen-bond acceptors (Lipinski definition) is 2. The van der Waals surface area contributed by atoms with Crippen molar-refractivity contribution in [1.82, 2.24) is 4.57 Å². The number of nitrogens with zero attached hydrogens (tertiary/aromatic N) is 1. The zero-order valence-electron chi connectivity index (χ0n) is 10.7. The van der Waals surface area contributed by atoms with Crippen LogP contribution in [0.1, 0.15) is 16.7 Å². The molecule has 1 aromatic carbocycles. The van der Waals surface area contributed by atoms with Gasteiger partial charge in [0, 0.05) is 18.0 Å². The van der Waals surface area contributed by atoms with E-state index in [0.29, 0.717) is 5.56 Å². The molecule has 0 atom stereocenters. The van der Waals surface area contributed by atoms with Crippen LogP contribution in [0.15, 0.2) is 23.0 Å². The molecule has 0 saturated carbocycles. The molecule has 0 aliphatic rings. The molecule has 0 saturated heterocycles. The molecule has 0 bridgehead atoms. The summed E-state index contributed by atoms with van der Waals surface area (Å²) < 4.78 is 1.51. The van der Waals surface area contributed by atoms with Crippen molar-refractivity contribution in [3.63, 3.8) is 0 Å². The van der Waals surface area contributed by atoms with E-state index >= 15 is 0 Å². The van der Waals surface area contributed by atoms with E-state index in [4.69, 9.17) is 5.11 Å². The van der Waals surface area contributed by atoms with Gasteiger partial charge in [-0.3, -0.25) is 9.59 Å². The quantitative estimate of drug-likeness (QED) is 0.877. The van der Waals surface area contributed by atoms with Gasteiger partial charge in [-0.1, -0.05) is 11.6 Å². The van der Waals surface area contributed by atoms with Gasteiger partial charge in [-0.2, -0.15) is 0 Å². The molecule has 0 radical (unpaired) electrons. The predicted molar refractivity (Wildman–Crippen MR) is 70.0 cm³/mol. The molecular formula is C14H15NO3. The Labute approximate surface area is 104 Å². The largest absolute Gasteiger partial charge is 0.481 e. The topological polar surface area (TPSA) is 59.3 Å². The second kappa shape index (κ2) is 4.29. The molecule has 4 nitrogen and oxygen atoms in total. The van der Waals surface area contributed by atoms with Crippen LogP contribution in [0.25, 0.3) is 10.9 Å². The van der Waals surface area contributed by atoms with Crippen molar-refractivity contribution in [3.8, 4) is 0 Å². The number of fused-ring (bicyclic) bond motifs is 1. The van der Waals surface area contributed by atoms with Gasteiger partial charge in [0.15, 0.2) is 0 Å². The average molecular weight is 245 g/mol. The first-order valence-corrected chi connectivity index (χ1v) is 5.72. The summed E-state index contributed by atoms with van der Waals surface area (Å²) in [6.45, 7) is 3.78. The Bertz CT molecular complexity index is 698. The number of hydrogen-bond donors (Lipinski definition) is 1. The lowest BCUT2D eigenvalue weighted by atomic mass is 10.0. The van der Waals surface area contributed by atoms with Gasteiger partial charge in [-0.05, 0) is 31.5 Å². The minimum atomic E-state index is -0.984. The summed E-state index contributed by atoms with van der Waals surface area (Å²) in [5.41, 5.74) is 2.82. The summed E-state index contributed by atoms with van der Waals surface area (Å²) in [5, 5.41) is 9.82.